The van der Waals surface area contributed by atoms with Crippen LogP contribution in [0.1, 0.15) is 22.7 Å². The highest BCUT2D eigenvalue weighted by atomic mass is 16.1. The number of aromatic nitrogens is 1. The van der Waals surface area contributed by atoms with Crippen LogP contribution in [0.3, 0.4) is 0 Å². The van der Waals surface area contributed by atoms with E-state index in [1.165, 1.54) is 11.3 Å². The van der Waals surface area contributed by atoms with Crippen molar-refractivity contribution in [2.24, 2.45) is 0 Å². The molecule has 1 unspecified atom stereocenters. The summed E-state index contributed by atoms with van der Waals surface area (Å²) in [6, 6.07) is 24.3. The second kappa shape index (κ2) is 8.70. The van der Waals surface area contributed by atoms with Crippen molar-refractivity contribution in [2.75, 3.05) is 24.5 Å². The third-order valence-corrected chi connectivity index (χ3v) is 5.32. The van der Waals surface area contributed by atoms with Crippen LogP contribution in [0, 0.1) is 0 Å². The van der Waals surface area contributed by atoms with Crippen LogP contribution in [-0.2, 0) is 17.6 Å². The van der Waals surface area contributed by atoms with Crippen LogP contribution in [0.25, 0.3) is 0 Å². The van der Waals surface area contributed by atoms with Gasteiger partial charge in [-0.25, -0.2) is 0 Å². The fourth-order valence-electron chi connectivity index (χ4n) is 3.85. The Morgan fingerprint density at radius 1 is 1.00 bits per heavy atom. The maximum absolute atomic E-state index is 13.0. The Balaban J connectivity index is 1.40. The van der Waals surface area contributed by atoms with E-state index in [9.17, 15) is 4.79 Å². The van der Waals surface area contributed by atoms with Crippen LogP contribution in [0.2, 0.25) is 0 Å². The molecule has 1 atom stereocenters. The molecule has 0 saturated carbocycles. The summed E-state index contributed by atoms with van der Waals surface area (Å²) in [5.74, 6) is -0.175. The van der Waals surface area contributed by atoms with Crippen LogP contribution in [-0.4, -0.2) is 30.5 Å². The average Bonchev–Trinajstić information content (AvgIpc) is 3.16. The Bertz CT molecular complexity index is 911. The molecule has 1 aliphatic heterocycles. The molecule has 1 N–H and O–H groups in total. The third kappa shape index (κ3) is 4.22. The van der Waals surface area contributed by atoms with Gasteiger partial charge in [0, 0.05) is 43.6 Å². The van der Waals surface area contributed by atoms with Gasteiger partial charge in [0.2, 0.25) is 5.91 Å². The molecule has 3 aromatic rings. The molecular weight excluding hydrogens is 346 g/mol. The van der Waals surface area contributed by atoms with E-state index in [1.54, 1.807) is 6.20 Å². The highest BCUT2D eigenvalue weighted by molar-refractivity contribution is 5.84. The molecule has 2 heterocycles. The van der Waals surface area contributed by atoms with Gasteiger partial charge in [0.05, 0.1) is 5.92 Å². The molecule has 0 fully saturated rings. The molecule has 2 aromatic carbocycles. The van der Waals surface area contributed by atoms with Gasteiger partial charge in [-0.1, -0.05) is 54.6 Å². The van der Waals surface area contributed by atoms with E-state index in [2.05, 4.69) is 39.5 Å². The van der Waals surface area contributed by atoms with Crippen molar-refractivity contribution in [3.8, 4) is 0 Å². The number of hydrogen-bond donors (Lipinski definition) is 1. The first-order chi connectivity index (χ1) is 13.8. The van der Waals surface area contributed by atoms with E-state index in [-0.39, 0.29) is 11.8 Å². The number of anilines is 1. The topological polar surface area (TPSA) is 45.2 Å². The van der Waals surface area contributed by atoms with Crippen LogP contribution >= 0.6 is 0 Å². The number of para-hydroxylation sites is 1. The molecule has 0 bridgehead atoms. The van der Waals surface area contributed by atoms with Crippen LogP contribution in [0.4, 0.5) is 5.69 Å². The number of amides is 1. The molecule has 0 aliphatic carbocycles. The largest absolute Gasteiger partial charge is 0.369 e. The number of benzene rings is 2. The van der Waals surface area contributed by atoms with Gasteiger partial charge < -0.3 is 10.2 Å². The Morgan fingerprint density at radius 3 is 2.61 bits per heavy atom. The predicted molar refractivity (Wildman–Crippen MR) is 112 cm³/mol. The van der Waals surface area contributed by atoms with Crippen molar-refractivity contribution in [3.63, 3.8) is 0 Å². The Kier molecular flexibility index (Phi) is 5.66. The van der Waals surface area contributed by atoms with Crippen molar-refractivity contribution in [3.05, 3.63) is 95.8 Å². The van der Waals surface area contributed by atoms with Crippen LogP contribution < -0.4 is 10.2 Å². The fraction of sp³-hybridized carbons (Fsp3) is 0.250. The summed E-state index contributed by atoms with van der Waals surface area (Å²) in [6.07, 6.45) is 3.46. The normalized spacial score (nSPS) is 13.8. The zero-order valence-corrected chi connectivity index (χ0v) is 15.9. The van der Waals surface area contributed by atoms with Gasteiger partial charge in [0.1, 0.15) is 0 Å². The SMILES string of the molecule is O=C(NCCN1CCc2ccccc21)C(Cc1ccccn1)c1ccccc1. The quantitative estimate of drug-likeness (QED) is 0.690. The van der Waals surface area contributed by atoms with Gasteiger partial charge >= 0.3 is 0 Å². The zero-order chi connectivity index (χ0) is 19.2. The monoisotopic (exact) mass is 371 g/mol. The van der Waals surface area contributed by atoms with Crippen molar-refractivity contribution >= 4 is 11.6 Å². The van der Waals surface area contributed by atoms with E-state index in [0.29, 0.717) is 13.0 Å². The predicted octanol–water partition coefficient (Wildman–Crippen LogP) is 3.59. The van der Waals surface area contributed by atoms with Crippen LogP contribution in [0.5, 0.6) is 0 Å². The Hall–Kier alpha value is -3.14. The van der Waals surface area contributed by atoms with E-state index >= 15 is 0 Å². The minimum absolute atomic E-state index is 0.0596. The lowest BCUT2D eigenvalue weighted by Gasteiger charge is -2.21. The highest BCUT2D eigenvalue weighted by Crippen LogP contribution is 2.26. The van der Waals surface area contributed by atoms with E-state index in [1.807, 2.05) is 48.5 Å². The minimum atomic E-state index is -0.234. The van der Waals surface area contributed by atoms with Gasteiger partial charge in [-0.05, 0) is 35.7 Å². The van der Waals surface area contributed by atoms with Gasteiger partial charge in [-0.2, -0.15) is 0 Å². The molecule has 1 aromatic heterocycles. The summed E-state index contributed by atoms with van der Waals surface area (Å²) in [4.78, 5) is 19.8. The number of nitrogens with one attached hydrogen (secondary N) is 1. The molecule has 4 rings (SSSR count). The van der Waals surface area contributed by atoms with E-state index in [0.717, 1.165) is 30.8 Å². The second-order valence-corrected chi connectivity index (χ2v) is 7.15. The van der Waals surface area contributed by atoms with Gasteiger partial charge in [-0.15, -0.1) is 0 Å². The second-order valence-electron chi connectivity index (χ2n) is 7.15. The standard InChI is InChI=1S/C24H25N3O/c28-24(26-15-17-27-16-13-20-10-4-5-12-23(20)27)22(19-8-2-1-3-9-19)18-21-11-6-7-14-25-21/h1-12,14,22H,13,15-18H2,(H,26,28). The molecule has 0 saturated heterocycles. The first-order valence-corrected chi connectivity index (χ1v) is 9.86. The number of carbonyl (C=O) groups is 1. The first kappa shape index (κ1) is 18.2. The Morgan fingerprint density at radius 2 is 1.79 bits per heavy atom. The van der Waals surface area contributed by atoms with Crippen molar-refractivity contribution in [1.82, 2.24) is 10.3 Å². The smallest absolute Gasteiger partial charge is 0.228 e. The summed E-state index contributed by atoms with van der Waals surface area (Å²) in [5, 5.41) is 3.15. The molecule has 0 spiro atoms. The van der Waals surface area contributed by atoms with Crippen molar-refractivity contribution in [2.45, 2.75) is 18.8 Å². The fourth-order valence-corrected chi connectivity index (χ4v) is 3.85. The number of carbonyl (C=O) groups excluding carboxylic acids is 1. The first-order valence-electron chi connectivity index (χ1n) is 9.86. The lowest BCUT2D eigenvalue weighted by Crippen LogP contribution is -2.37. The minimum Gasteiger partial charge on any atom is -0.369 e. The zero-order valence-electron chi connectivity index (χ0n) is 15.9. The van der Waals surface area contributed by atoms with Gasteiger partial charge in [0.25, 0.3) is 0 Å². The Labute approximate surface area is 166 Å². The molecule has 1 aliphatic rings. The van der Waals surface area contributed by atoms with Crippen LogP contribution in [0.15, 0.2) is 79.0 Å². The molecule has 142 valence electrons. The maximum atomic E-state index is 13.0. The lowest BCUT2D eigenvalue weighted by molar-refractivity contribution is -0.122. The lowest BCUT2D eigenvalue weighted by atomic mass is 9.93. The molecule has 1 amide bonds. The summed E-state index contributed by atoms with van der Waals surface area (Å²) in [5.41, 5.74) is 4.65. The van der Waals surface area contributed by atoms with E-state index in [4.69, 9.17) is 0 Å². The number of nitrogens with zero attached hydrogens (tertiary/aromatic N) is 2. The molecule has 0 radical (unpaired) electrons. The summed E-state index contributed by atoms with van der Waals surface area (Å²) in [6.45, 7) is 2.48. The molecular formula is C24H25N3O. The average molecular weight is 371 g/mol. The van der Waals surface area contributed by atoms with E-state index < -0.39 is 0 Å². The maximum Gasteiger partial charge on any atom is 0.228 e. The summed E-state index contributed by atoms with van der Waals surface area (Å²) >= 11 is 0. The van der Waals surface area contributed by atoms with Crippen molar-refractivity contribution < 1.29 is 4.79 Å². The number of rotatable bonds is 7. The molecule has 4 heteroatoms. The molecule has 28 heavy (non-hydrogen) atoms. The van der Waals surface area contributed by atoms with Crippen molar-refractivity contribution in [1.29, 1.82) is 0 Å². The third-order valence-electron chi connectivity index (χ3n) is 5.32. The highest BCUT2D eigenvalue weighted by Gasteiger charge is 2.22. The number of pyridine rings is 1. The number of hydrogen-bond acceptors (Lipinski definition) is 3. The van der Waals surface area contributed by atoms with Gasteiger partial charge in [0.15, 0.2) is 0 Å². The summed E-state index contributed by atoms with van der Waals surface area (Å²) in [7, 11) is 0. The number of fused-ring (bicyclic) bond motifs is 1. The van der Waals surface area contributed by atoms with Gasteiger partial charge in [-0.3, -0.25) is 9.78 Å². The molecule has 4 nitrogen and oxygen atoms in total. The summed E-state index contributed by atoms with van der Waals surface area (Å²) < 4.78 is 0.